The zero-order valence-electron chi connectivity index (χ0n) is 12.4. The summed E-state index contributed by atoms with van der Waals surface area (Å²) < 4.78 is 7.28. The quantitative estimate of drug-likeness (QED) is 0.783. The van der Waals surface area contributed by atoms with Crippen molar-refractivity contribution in [1.29, 1.82) is 0 Å². The van der Waals surface area contributed by atoms with Crippen LogP contribution in [-0.2, 0) is 6.42 Å². The number of nitrogens with one attached hydrogen (secondary N) is 1. The number of nitrogens with zero attached hydrogens (tertiary/aromatic N) is 1. The molecule has 0 unspecified atom stereocenters. The highest BCUT2D eigenvalue weighted by molar-refractivity contribution is 5.94. The first-order valence-corrected chi connectivity index (χ1v) is 7.29. The van der Waals surface area contributed by atoms with E-state index in [1.165, 1.54) is 0 Å². The van der Waals surface area contributed by atoms with E-state index in [2.05, 4.69) is 5.32 Å². The normalized spacial score (nSPS) is 12.0. The minimum Gasteiger partial charge on any atom is -0.469 e. The molecule has 2 heterocycles. The third-order valence-electron chi connectivity index (χ3n) is 3.48. The van der Waals surface area contributed by atoms with Crippen LogP contribution in [0.2, 0.25) is 0 Å². The van der Waals surface area contributed by atoms with Gasteiger partial charge in [0.25, 0.3) is 5.91 Å². The fourth-order valence-corrected chi connectivity index (χ4v) is 2.40. The van der Waals surface area contributed by atoms with E-state index >= 15 is 0 Å². The van der Waals surface area contributed by atoms with Gasteiger partial charge in [-0.1, -0.05) is 6.07 Å². The summed E-state index contributed by atoms with van der Waals surface area (Å²) in [6.45, 7) is 1.97. The molecule has 0 bridgehead atoms. The van der Waals surface area contributed by atoms with Gasteiger partial charge in [0, 0.05) is 36.1 Å². The zero-order chi connectivity index (χ0) is 15.4. The van der Waals surface area contributed by atoms with Crippen molar-refractivity contribution in [3.8, 4) is 5.69 Å². The Morgan fingerprint density at radius 2 is 2.00 bits per heavy atom. The SMILES string of the molecule is C[C@H](Cc1ccco1)NC(=O)c1cccc(-n2cccc2)c1. The lowest BCUT2D eigenvalue weighted by Gasteiger charge is -2.13. The fraction of sp³-hybridized carbons (Fsp3) is 0.167. The summed E-state index contributed by atoms with van der Waals surface area (Å²) in [4.78, 5) is 12.4. The van der Waals surface area contributed by atoms with Crippen molar-refractivity contribution in [2.24, 2.45) is 0 Å². The second kappa shape index (κ2) is 6.35. The number of aromatic nitrogens is 1. The Morgan fingerprint density at radius 3 is 2.73 bits per heavy atom. The van der Waals surface area contributed by atoms with E-state index in [9.17, 15) is 4.79 Å². The molecule has 0 aliphatic rings. The Kier molecular flexibility index (Phi) is 4.10. The van der Waals surface area contributed by atoms with Crippen molar-refractivity contribution in [1.82, 2.24) is 9.88 Å². The average Bonchev–Trinajstić information content (AvgIpc) is 3.20. The number of benzene rings is 1. The van der Waals surface area contributed by atoms with E-state index in [0.29, 0.717) is 12.0 Å². The lowest BCUT2D eigenvalue weighted by molar-refractivity contribution is 0.0939. The number of amides is 1. The number of furan rings is 1. The molecule has 0 radical (unpaired) electrons. The van der Waals surface area contributed by atoms with Gasteiger partial charge in [0.15, 0.2) is 0 Å². The summed E-state index contributed by atoms with van der Waals surface area (Å²) in [5, 5.41) is 3.00. The number of carbonyl (C=O) groups excluding carboxylic acids is 1. The topological polar surface area (TPSA) is 47.2 Å². The van der Waals surface area contributed by atoms with Crippen LogP contribution in [0.5, 0.6) is 0 Å². The highest BCUT2D eigenvalue weighted by Gasteiger charge is 2.12. The van der Waals surface area contributed by atoms with Gasteiger partial charge < -0.3 is 14.3 Å². The van der Waals surface area contributed by atoms with Crippen LogP contribution in [0.4, 0.5) is 0 Å². The lowest BCUT2D eigenvalue weighted by atomic mass is 10.1. The molecule has 3 rings (SSSR count). The molecule has 1 aromatic carbocycles. The molecule has 0 aliphatic heterocycles. The maximum absolute atomic E-state index is 12.4. The summed E-state index contributed by atoms with van der Waals surface area (Å²) in [5.41, 5.74) is 1.62. The van der Waals surface area contributed by atoms with Crippen molar-refractivity contribution >= 4 is 5.91 Å². The molecule has 1 amide bonds. The fourth-order valence-electron chi connectivity index (χ4n) is 2.40. The Labute approximate surface area is 129 Å². The summed E-state index contributed by atoms with van der Waals surface area (Å²) in [7, 11) is 0. The Bertz CT molecular complexity index is 730. The molecular formula is C18H18N2O2. The first-order valence-electron chi connectivity index (χ1n) is 7.29. The van der Waals surface area contributed by atoms with Gasteiger partial charge in [-0.15, -0.1) is 0 Å². The van der Waals surface area contributed by atoms with E-state index < -0.39 is 0 Å². The van der Waals surface area contributed by atoms with E-state index in [4.69, 9.17) is 4.42 Å². The van der Waals surface area contributed by atoms with Crippen molar-refractivity contribution in [3.05, 3.63) is 78.5 Å². The maximum atomic E-state index is 12.4. The molecule has 2 aromatic heterocycles. The second-order valence-electron chi connectivity index (χ2n) is 5.30. The molecule has 22 heavy (non-hydrogen) atoms. The van der Waals surface area contributed by atoms with Crippen LogP contribution in [0.3, 0.4) is 0 Å². The molecule has 112 valence electrons. The average molecular weight is 294 g/mol. The van der Waals surface area contributed by atoms with Crippen molar-refractivity contribution in [2.45, 2.75) is 19.4 Å². The van der Waals surface area contributed by atoms with Gasteiger partial charge in [-0.05, 0) is 49.4 Å². The van der Waals surface area contributed by atoms with Crippen LogP contribution in [0.15, 0.2) is 71.6 Å². The second-order valence-corrected chi connectivity index (χ2v) is 5.30. The summed E-state index contributed by atoms with van der Waals surface area (Å²) in [5.74, 6) is 0.793. The Balaban J connectivity index is 1.68. The predicted octanol–water partition coefficient (Wildman–Crippen LogP) is 3.43. The molecule has 0 spiro atoms. The standard InChI is InChI=1S/C18H18N2O2/c1-14(12-17-8-5-11-22-17)19-18(21)15-6-4-7-16(13-15)20-9-2-3-10-20/h2-11,13-14H,12H2,1H3,(H,19,21)/t14-/m1/s1. The molecule has 0 aliphatic carbocycles. The molecule has 0 saturated heterocycles. The van der Waals surface area contributed by atoms with Crippen LogP contribution >= 0.6 is 0 Å². The summed E-state index contributed by atoms with van der Waals surface area (Å²) in [6, 6.07) is 15.3. The largest absolute Gasteiger partial charge is 0.469 e. The third kappa shape index (κ3) is 3.28. The van der Waals surface area contributed by atoms with Gasteiger partial charge >= 0.3 is 0 Å². The molecular weight excluding hydrogens is 276 g/mol. The molecule has 1 N–H and O–H groups in total. The number of carbonyl (C=O) groups is 1. The summed E-state index contributed by atoms with van der Waals surface area (Å²) >= 11 is 0. The molecule has 4 nitrogen and oxygen atoms in total. The van der Waals surface area contributed by atoms with Crippen LogP contribution < -0.4 is 5.32 Å². The van der Waals surface area contributed by atoms with E-state index in [0.717, 1.165) is 11.4 Å². The van der Waals surface area contributed by atoms with Crippen LogP contribution in [-0.4, -0.2) is 16.5 Å². The van der Waals surface area contributed by atoms with Gasteiger partial charge in [-0.25, -0.2) is 0 Å². The summed E-state index contributed by atoms with van der Waals surface area (Å²) in [6.07, 6.45) is 6.23. The van der Waals surface area contributed by atoms with Gasteiger partial charge in [0.2, 0.25) is 0 Å². The van der Waals surface area contributed by atoms with Gasteiger partial charge in [0.1, 0.15) is 5.76 Å². The highest BCUT2D eigenvalue weighted by atomic mass is 16.3. The van der Waals surface area contributed by atoms with Gasteiger partial charge in [-0.2, -0.15) is 0 Å². The number of rotatable bonds is 5. The first-order chi connectivity index (χ1) is 10.7. The highest BCUT2D eigenvalue weighted by Crippen LogP contribution is 2.11. The van der Waals surface area contributed by atoms with Crippen LogP contribution in [0, 0.1) is 0 Å². The lowest BCUT2D eigenvalue weighted by Crippen LogP contribution is -2.34. The number of hydrogen-bond donors (Lipinski definition) is 1. The van der Waals surface area contributed by atoms with Gasteiger partial charge in [0.05, 0.1) is 6.26 Å². The minimum absolute atomic E-state index is 0.00823. The van der Waals surface area contributed by atoms with Crippen molar-refractivity contribution in [3.63, 3.8) is 0 Å². The predicted molar refractivity (Wildman–Crippen MR) is 85.1 cm³/mol. The van der Waals surface area contributed by atoms with Gasteiger partial charge in [-0.3, -0.25) is 4.79 Å². The third-order valence-corrected chi connectivity index (χ3v) is 3.48. The molecule has 0 fully saturated rings. The maximum Gasteiger partial charge on any atom is 0.251 e. The zero-order valence-corrected chi connectivity index (χ0v) is 12.4. The minimum atomic E-state index is -0.0759. The Morgan fingerprint density at radius 1 is 1.18 bits per heavy atom. The first kappa shape index (κ1) is 14.2. The van der Waals surface area contributed by atoms with E-state index in [-0.39, 0.29) is 11.9 Å². The molecule has 4 heteroatoms. The van der Waals surface area contributed by atoms with Crippen molar-refractivity contribution in [2.75, 3.05) is 0 Å². The van der Waals surface area contributed by atoms with E-state index in [1.54, 1.807) is 6.26 Å². The molecule has 1 atom stereocenters. The van der Waals surface area contributed by atoms with Crippen LogP contribution in [0.1, 0.15) is 23.0 Å². The molecule has 3 aromatic rings. The smallest absolute Gasteiger partial charge is 0.251 e. The van der Waals surface area contributed by atoms with Crippen molar-refractivity contribution < 1.29 is 9.21 Å². The monoisotopic (exact) mass is 294 g/mol. The van der Waals surface area contributed by atoms with E-state index in [1.807, 2.05) is 72.4 Å². The Hall–Kier alpha value is -2.75. The molecule has 0 saturated carbocycles. The van der Waals surface area contributed by atoms with Crippen LogP contribution in [0.25, 0.3) is 5.69 Å². The number of hydrogen-bond acceptors (Lipinski definition) is 2.